The first-order chi connectivity index (χ1) is 19.5. The molecule has 41 heavy (non-hydrogen) atoms. The van der Waals surface area contributed by atoms with Gasteiger partial charge in [0.25, 0.3) is 0 Å². The first kappa shape index (κ1) is 32.4. The highest BCUT2D eigenvalue weighted by atomic mass is 35.5. The molecule has 0 aromatic heterocycles. The number of nitrogens with zero attached hydrogens (tertiary/aromatic N) is 2. The molecular weight excluding hydrogens is 588 g/mol. The number of carbonyl (C=O) groups is 2. The third kappa shape index (κ3) is 9.73. The van der Waals surface area contributed by atoms with Crippen LogP contribution in [0, 0.1) is 5.82 Å². The van der Waals surface area contributed by atoms with Crippen molar-refractivity contribution in [2.24, 2.45) is 0 Å². The monoisotopic (exact) mass is 621 g/mol. The minimum Gasteiger partial charge on any atom is -0.354 e. The van der Waals surface area contributed by atoms with Crippen molar-refractivity contribution in [3.63, 3.8) is 0 Å². The summed E-state index contributed by atoms with van der Waals surface area (Å²) in [4.78, 5) is 28.7. The summed E-state index contributed by atoms with van der Waals surface area (Å²) in [6.45, 7) is 2.50. The average Bonchev–Trinajstić information content (AvgIpc) is 2.94. The molecule has 0 radical (unpaired) electrons. The van der Waals surface area contributed by atoms with Gasteiger partial charge in [-0.25, -0.2) is 12.8 Å². The highest BCUT2D eigenvalue weighted by Crippen LogP contribution is 2.25. The van der Waals surface area contributed by atoms with E-state index in [2.05, 4.69) is 5.32 Å². The molecule has 0 fully saturated rings. The van der Waals surface area contributed by atoms with E-state index in [0.29, 0.717) is 27.8 Å². The lowest BCUT2D eigenvalue weighted by atomic mass is 10.0. The maximum atomic E-state index is 13.8. The summed E-state index contributed by atoms with van der Waals surface area (Å²) in [7, 11) is -3.69. The van der Waals surface area contributed by atoms with Gasteiger partial charge in [0.2, 0.25) is 21.8 Å². The zero-order valence-corrected chi connectivity index (χ0v) is 25.4. The van der Waals surface area contributed by atoms with E-state index in [1.807, 2.05) is 37.3 Å². The molecule has 0 heterocycles. The van der Waals surface area contributed by atoms with Crippen molar-refractivity contribution in [1.82, 2.24) is 10.2 Å². The molecule has 3 aromatic rings. The molecule has 0 bridgehead atoms. The number of sulfonamides is 1. The van der Waals surface area contributed by atoms with E-state index in [4.69, 9.17) is 23.2 Å². The topological polar surface area (TPSA) is 86.8 Å². The Morgan fingerprint density at radius 2 is 1.63 bits per heavy atom. The van der Waals surface area contributed by atoms with E-state index in [0.717, 1.165) is 22.5 Å². The minimum absolute atomic E-state index is 0.00218. The molecule has 0 aliphatic rings. The average molecular weight is 623 g/mol. The van der Waals surface area contributed by atoms with Gasteiger partial charge in [-0.1, -0.05) is 66.5 Å². The van der Waals surface area contributed by atoms with Gasteiger partial charge < -0.3 is 10.2 Å². The standard InChI is InChI=1S/C30H34Cl2FN3O4S/c1-3-17-34-30(38)28(20-22-8-5-4-6-9-22)35(21-23-11-16-26(31)27(32)19-23)29(37)10-7-18-36(41(2,39)40)25-14-12-24(33)13-15-25/h4-6,8-9,11-16,19,28H,3,7,10,17-18,20-21H2,1-2H3,(H,34,38)/t28-/m1/s1. The van der Waals surface area contributed by atoms with Gasteiger partial charge in [-0.2, -0.15) is 0 Å². The van der Waals surface area contributed by atoms with Crippen molar-refractivity contribution >= 4 is 50.7 Å². The Kier molecular flexibility index (Phi) is 12.0. The minimum atomic E-state index is -3.69. The Bertz CT molecular complexity index is 1420. The molecule has 7 nitrogen and oxygen atoms in total. The predicted molar refractivity (Wildman–Crippen MR) is 162 cm³/mol. The molecule has 0 aliphatic heterocycles. The fraction of sp³-hybridized carbons (Fsp3) is 0.333. The van der Waals surface area contributed by atoms with E-state index in [-0.39, 0.29) is 44.2 Å². The lowest BCUT2D eigenvalue weighted by Crippen LogP contribution is -2.50. The first-order valence-electron chi connectivity index (χ1n) is 13.3. The van der Waals surface area contributed by atoms with Crippen molar-refractivity contribution in [3.05, 3.63) is 99.8 Å². The van der Waals surface area contributed by atoms with E-state index in [9.17, 15) is 22.4 Å². The van der Waals surface area contributed by atoms with Crippen LogP contribution in [-0.2, 0) is 32.6 Å². The van der Waals surface area contributed by atoms with Crippen molar-refractivity contribution in [2.45, 2.75) is 45.2 Å². The molecule has 0 spiro atoms. The van der Waals surface area contributed by atoms with Crippen LogP contribution in [0.2, 0.25) is 10.0 Å². The Morgan fingerprint density at radius 1 is 0.951 bits per heavy atom. The zero-order chi connectivity index (χ0) is 30.0. The molecule has 0 saturated carbocycles. The summed E-state index contributed by atoms with van der Waals surface area (Å²) in [5, 5.41) is 3.62. The molecule has 0 aliphatic carbocycles. The van der Waals surface area contributed by atoms with E-state index in [1.165, 1.54) is 29.2 Å². The number of hydrogen-bond acceptors (Lipinski definition) is 4. The van der Waals surface area contributed by atoms with Gasteiger partial charge in [0, 0.05) is 32.5 Å². The molecule has 0 unspecified atom stereocenters. The van der Waals surface area contributed by atoms with Gasteiger partial charge in [0.05, 0.1) is 22.0 Å². The van der Waals surface area contributed by atoms with Crippen LogP contribution in [0.25, 0.3) is 0 Å². The van der Waals surface area contributed by atoms with Crippen LogP contribution in [0.4, 0.5) is 10.1 Å². The Balaban J connectivity index is 1.88. The van der Waals surface area contributed by atoms with Crippen LogP contribution in [0.3, 0.4) is 0 Å². The number of carbonyl (C=O) groups excluding carboxylic acids is 2. The van der Waals surface area contributed by atoms with Crippen LogP contribution in [0.5, 0.6) is 0 Å². The summed E-state index contributed by atoms with van der Waals surface area (Å²) in [6, 6.07) is 18.8. The maximum Gasteiger partial charge on any atom is 0.243 e. The summed E-state index contributed by atoms with van der Waals surface area (Å²) < 4.78 is 39.5. The highest BCUT2D eigenvalue weighted by Gasteiger charge is 2.30. The molecule has 1 N–H and O–H groups in total. The number of amides is 2. The van der Waals surface area contributed by atoms with Gasteiger partial charge in [0.15, 0.2) is 0 Å². The van der Waals surface area contributed by atoms with Crippen molar-refractivity contribution in [1.29, 1.82) is 0 Å². The molecule has 220 valence electrons. The zero-order valence-electron chi connectivity index (χ0n) is 23.0. The molecule has 0 saturated heterocycles. The summed E-state index contributed by atoms with van der Waals surface area (Å²) in [6.07, 6.45) is 2.23. The van der Waals surface area contributed by atoms with Crippen LogP contribution in [-0.4, -0.2) is 50.5 Å². The lowest BCUT2D eigenvalue weighted by Gasteiger charge is -2.32. The number of hydrogen-bond donors (Lipinski definition) is 1. The van der Waals surface area contributed by atoms with Gasteiger partial charge in [0.1, 0.15) is 11.9 Å². The van der Waals surface area contributed by atoms with Crippen molar-refractivity contribution in [3.8, 4) is 0 Å². The van der Waals surface area contributed by atoms with Gasteiger partial charge >= 0.3 is 0 Å². The summed E-state index contributed by atoms with van der Waals surface area (Å²) in [5.41, 5.74) is 1.88. The largest absolute Gasteiger partial charge is 0.354 e. The van der Waals surface area contributed by atoms with E-state index in [1.54, 1.807) is 18.2 Å². The molecule has 3 aromatic carbocycles. The number of anilines is 1. The molecule has 3 rings (SSSR count). The number of rotatable bonds is 14. The van der Waals surface area contributed by atoms with E-state index >= 15 is 0 Å². The summed E-state index contributed by atoms with van der Waals surface area (Å²) in [5.74, 6) is -1.09. The van der Waals surface area contributed by atoms with Crippen molar-refractivity contribution in [2.75, 3.05) is 23.7 Å². The number of halogens is 3. The Hall–Kier alpha value is -3.14. The van der Waals surface area contributed by atoms with Crippen LogP contribution >= 0.6 is 23.2 Å². The second-order valence-corrected chi connectivity index (χ2v) is 12.4. The molecule has 2 amide bonds. The third-order valence-electron chi connectivity index (χ3n) is 6.42. The van der Waals surface area contributed by atoms with Crippen LogP contribution in [0.15, 0.2) is 72.8 Å². The summed E-state index contributed by atoms with van der Waals surface area (Å²) >= 11 is 12.3. The number of nitrogens with one attached hydrogen (secondary N) is 1. The Morgan fingerprint density at radius 3 is 2.24 bits per heavy atom. The highest BCUT2D eigenvalue weighted by molar-refractivity contribution is 7.92. The quantitative estimate of drug-likeness (QED) is 0.245. The second-order valence-electron chi connectivity index (χ2n) is 9.68. The normalized spacial score (nSPS) is 12.0. The van der Waals surface area contributed by atoms with Crippen molar-refractivity contribution < 1.29 is 22.4 Å². The number of benzene rings is 3. The lowest BCUT2D eigenvalue weighted by molar-refractivity contribution is -0.141. The van der Waals surface area contributed by atoms with Gasteiger partial charge in [-0.15, -0.1) is 0 Å². The van der Waals surface area contributed by atoms with Crippen LogP contribution in [0.1, 0.15) is 37.3 Å². The molecule has 11 heteroatoms. The molecule has 1 atom stereocenters. The maximum absolute atomic E-state index is 13.8. The fourth-order valence-corrected chi connectivity index (χ4v) is 5.65. The predicted octanol–water partition coefficient (Wildman–Crippen LogP) is 5.85. The first-order valence-corrected chi connectivity index (χ1v) is 15.9. The molecular formula is C30H34Cl2FN3O4S. The Labute approximate surface area is 251 Å². The fourth-order valence-electron chi connectivity index (χ4n) is 4.37. The van der Waals surface area contributed by atoms with Gasteiger partial charge in [-0.05, 0) is 60.4 Å². The van der Waals surface area contributed by atoms with E-state index < -0.39 is 21.9 Å². The smallest absolute Gasteiger partial charge is 0.243 e. The van der Waals surface area contributed by atoms with Gasteiger partial charge in [-0.3, -0.25) is 13.9 Å². The second kappa shape index (κ2) is 15.2. The van der Waals surface area contributed by atoms with Crippen LogP contribution < -0.4 is 9.62 Å². The third-order valence-corrected chi connectivity index (χ3v) is 8.36. The SMILES string of the molecule is CCCNC(=O)[C@@H](Cc1ccccc1)N(Cc1ccc(Cl)c(Cl)c1)C(=O)CCCN(c1ccc(F)cc1)S(C)(=O)=O.